The Morgan fingerprint density at radius 3 is 2.93 bits per heavy atom. The number of rotatable bonds is 3. The second-order valence-corrected chi connectivity index (χ2v) is 9.02. The average Bonchev–Trinajstić information content (AvgIpc) is 3.23. The third-order valence-corrected chi connectivity index (χ3v) is 7.11. The number of fused-ring (bicyclic) bond motifs is 2. The van der Waals surface area contributed by atoms with Crippen LogP contribution in [-0.2, 0) is 6.67 Å². The standard InChI is InChI=1S/C20H22N6S2/c1-13-11-14(2)26-19(21-13)23-25(20(26)27)12-24-10-6-5-8-16(24)18-22-15-7-3-4-9-17(15)28-18/h3-4,7,9,11,16H,5-6,8,10,12H2,1-2H3/p+1/t16-/m1/s1. The summed E-state index contributed by atoms with van der Waals surface area (Å²) in [5.74, 6) is 0.690. The number of nitrogens with one attached hydrogen (secondary N) is 1. The quantitative estimate of drug-likeness (QED) is 0.526. The van der Waals surface area contributed by atoms with Crippen molar-refractivity contribution < 1.29 is 4.90 Å². The van der Waals surface area contributed by atoms with Crippen LogP contribution >= 0.6 is 23.6 Å². The molecule has 6 nitrogen and oxygen atoms in total. The summed E-state index contributed by atoms with van der Waals surface area (Å²) in [6.07, 6.45) is 3.64. The van der Waals surface area contributed by atoms with E-state index < -0.39 is 0 Å². The summed E-state index contributed by atoms with van der Waals surface area (Å²) < 4.78 is 5.91. The first-order valence-corrected chi connectivity index (χ1v) is 11.0. The number of quaternary nitrogens is 1. The minimum Gasteiger partial charge on any atom is -0.308 e. The zero-order chi connectivity index (χ0) is 19.3. The molecule has 0 spiro atoms. The molecule has 1 aliphatic heterocycles. The maximum atomic E-state index is 5.73. The third kappa shape index (κ3) is 3.05. The van der Waals surface area contributed by atoms with Gasteiger partial charge in [0.05, 0.1) is 16.8 Å². The molecule has 3 aromatic heterocycles. The number of piperidine rings is 1. The van der Waals surface area contributed by atoms with Gasteiger partial charge in [0.25, 0.3) is 5.78 Å². The van der Waals surface area contributed by atoms with Crippen LogP contribution in [0.4, 0.5) is 0 Å². The first-order valence-electron chi connectivity index (χ1n) is 9.74. The Bertz CT molecular complexity index is 1190. The molecule has 0 aliphatic carbocycles. The van der Waals surface area contributed by atoms with Crippen molar-refractivity contribution in [2.75, 3.05) is 6.54 Å². The molecule has 1 N–H and O–H groups in total. The van der Waals surface area contributed by atoms with E-state index in [1.165, 1.54) is 27.4 Å². The summed E-state index contributed by atoms with van der Waals surface area (Å²) in [4.78, 5) is 11.0. The van der Waals surface area contributed by atoms with Gasteiger partial charge in [-0.25, -0.2) is 9.97 Å². The summed E-state index contributed by atoms with van der Waals surface area (Å²) in [5.41, 5.74) is 3.15. The highest BCUT2D eigenvalue weighted by Crippen LogP contribution is 2.28. The van der Waals surface area contributed by atoms with Gasteiger partial charge in [-0.1, -0.05) is 12.1 Å². The van der Waals surface area contributed by atoms with Crippen molar-refractivity contribution >= 4 is 39.5 Å². The summed E-state index contributed by atoms with van der Waals surface area (Å²) >= 11 is 7.56. The minimum atomic E-state index is 0.397. The maximum Gasteiger partial charge on any atom is 0.254 e. The molecule has 5 rings (SSSR count). The summed E-state index contributed by atoms with van der Waals surface area (Å²) in [7, 11) is 0. The number of para-hydroxylation sites is 1. The number of thiazole rings is 1. The van der Waals surface area contributed by atoms with Crippen LogP contribution in [0.15, 0.2) is 30.3 Å². The Hall–Kier alpha value is -2.16. The van der Waals surface area contributed by atoms with E-state index in [0.29, 0.717) is 11.8 Å². The molecule has 0 bridgehead atoms. The second-order valence-electron chi connectivity index (χ2n) is 7.59. The molecule has 0 saturated carbocycles. The molecule has 1 unspecified atom stereocenters. The minimum absolute atomic E-state index is 0.397. The lowest BCUT2D eigenvalue weighted by molar-refractivity contribution is -0.959. The van der Waals surface area contributed by atoms with Crippen LogP contribution in [0.3, 0.4) is 0 Å². The van der Waals surface area contributed by atoms with E-state index in [4.69, 9.17) is 22.3 Å². The zero-order valence-corrected chi connectivity index (χ0v) is 17.7. The smallest absolute Gasteiger partial charge is 0.254 e. The largest absolute Gasteiger partial charge is 0.308 e. The molecule has 0 radical (unpaired) electrons. The Kier molecular flexibility index (Phi) is 4.49. The Morgan fingerprint density at radius 2 is 2.07 bits per heavy atom. The van der Waals surface area contributed by atoms with Crippen LogP contribution in [0.1, 0.15) is 41.7 Å². The van der Waals surface area contributed by atoms with E-state index in [9.17, 15) is 0 Å². The molecule has 1 aromatic carbocycles. The van der Waals surface area contributed by atoms with Crippen molar-refractivity contribution in [3.05, 3.63) is 51.5 Å². The van der Waals surface area contributed by atoms with Gasteiger partial charge in [0.1, 0.15) is 6.04 Å². The molecule has 8 heteroatoms. The summed E-state index contributed by atoms with van der Waals surface area (Å²) in [6, 6.07) is 10.9. The summed E-state index contributed by atoms with van der Waals surface area (Å²) in [6.45, 7) is 5.91. The predicted octanol–water partition coefficient (Wildman–Crippen LogP) is 3.25. The van der Waals surface area contributed by atoms with Gasteiger partial charge in [0.2, 0.25) is 4.77 Å². The van der Waals surface area contributed by atoms with Gasteiger partial charge in [-0.2, -0.15) is 4.68 Å². The Morgan fingerprint density at radius 1 is 1.21 bits per heavy atom. The monoisotopic (exact) mass is 411 g/mol. The van der Waals surface area contributed by atoms with Crippen molar-refractivity contribution in [2.24, 2.45) is 0 Å². The van der Waals surface area contributed by atoms with Gasteiger partial charge in [-0.05, 0) is 57.1 Å². The highest BCUT2D eigenvalue weighted by Gasteiger charge is 2.31. The highest BCUT2D eigenvalue weighted by atomic mass is 32.1. The van der Waals surface area contributed by atoms with Crippen molar-refractivity contribution in [3.63, 3.8) is 0 Å². The van der Waals surface area contributed by atoms with Crippen molar-refractivity contribution in [1.29, 1.82) is 0 Å². The van der Waals surface area contributed by atoms with Gasteiger partial charge in [-0.15, -0.1) is 16.4 Å². The first-order chi connectivity index (χ1) is 13.6. The van der Waals surface area contributed by atoms with Crippen molar-refractivity contribution in [3.8, 4) is 0 Å². The van der Waals surface area contributed by atoms with E-state index in [-0.39, 0.29) is 0 Å². The lowest BCUT2D eigenvalue weighted by atomic mass is 10.0. The van der Waals surface area contributed by atoms with Gasteiger partial charge in [-0.3, -0.25) is 4.40 Å². The molecule has 2 atom stereocenters. The zero-order valence-electron chi connectivity index (χ0n) is 16.1. The number of nitrogens with zero attached hydrogens (tertiary/aromatic N) is 5. The Labute approximate surface area is 172 Å². The van der Waals surface area contributed by atoms with Gasteiger partial charge >= 0.3 is 0 Å². The molecule has 1 aliphatic rings. The normalized spacial score (nSPS) is 20.2. The lowest BCUT2D eigenvalue weighted by Crippen LogP contribution is -3.12. The number of hydrogen-bond acceptors (Lipinski definition) is 5. The average molecular weight is 412 g/mol. The van der Waals surface area contributed by atoms with E-state index >= 15 is 0 Å². The predicted molar refractivity (Wildman–Crippen MR) is 113 cm³/mol. The molecule has 144 valence electrons. The number of aryl methyl sites for hydroxylation is 2. The van der Waals surface area contributed by atoms with E-state index in [2.05, 4.69) is 36.2 Å². The fraction of sp³-hybridized carbons (Fsp3) is 0.400. The molecule has 0 amide bonds. The first kappa shape index (κ1) is 17.9. The molecular formula is C20H23N6S2+. The molecule has 1 fully saturated rings. The Balaban J connectivity index is 1.51. The maximum absolute atomic E-state index is 5.73. The van der Waals surface area contributed by atoms with Gasteiger partial charge in [0.15, 0.2) is 11.7 Å². The number of benzene rings is 1. The van der Waals surface area contributed by atoms with Crippen LogP contribution in [0, 0.1) is 18.6 Å². The van der Waals surface area contributed by atoms with Crippen molar-refractivity contribution in [1.82, 2.24) is 24.1 Å². The number of hydrogen-bond donors (Lipinski definition) is 1. The van der Waals surface area contributed by atoms with Crippen LogP contribution in [0.25, 0.3) is 16.0 Å². The molecule has 4 heterocycles. The highest BCUT2D eigenvalue weighted by molar-refractivity contribution is 7.71. The van der Waals surface area contributed by atoms with E-state index in [1.54, 1.807) is 0 Å². The molecular weight excluding hydrogens is 388 g/mol. The van der Waals surface area contributed by atoms with Crippen LogP contribution < -0.4 is 4.90 Å². The molecule has 4 aromatic rings. The third-order valence-electron chi connectivity index (χ3n) is 5.56. The van der Waals surface area contributed by atoms with Gasteiger partial charge < -0.3 is 4.90 Å². The van der Waals surface area contributed by atoms with Crippen LogP contribution in [0.5, 0.6) is 0 Å². The topological polar surface area (TPSA) is 52.5 Å². The van der Waals surface area contributed by atoms with E-state index in [1.807, 2.05) is 33.4 Å². The summed E-state index contributed by atoms with van der Waals surface area (Å²) in [5, 5.41) is 5.96. The number of likely N-dealkylation sites (tertiary alicyclic amines) is 1. The molecule has 28 heavy (non-hydrogen) atoms. The van der Waals surface area contributed by atoms with E-state index in [0.717, 1.165) is 41.3 Å². The van der Waals surface area contributed by atoms with Crippen LogP contribution in [-0.4, -0.2) is 30.7 Å². The van der Waals surface area contributed by atoms with Gasteiger partial charge in [0, 0.05) is 17.8 Å². The second kappa shape index (κ2) is 7.02. The SMILES string of the molecule is Cc1cc(C)n2c(=S)n(C[NH+]3CCCC[C@@H]3c3nc4ccccc4s3)nc2n1. The lowest BCUT2D eigenvalue weighted by Gasteiger charge is -2.30. The molecule has 1 saturated heterocycles. The fourth-order valence-electron chi connectivity index (χ4n) is 4.23. The fourth-order valence-corrected chi connectivity index (χ4v) is 5.73. The van der Waals surface area contributed by atoms with Crippen LogP contribution in [0.2, 0.25) is 0 Å². The van der Waals surface area contributed by atoms with Crippen molar-refractivity contribution in [2.45, 2.75) is 45.8 Å². The number of aromatic nitrogens is 5.